The van der Waals surface area contributed by atoms with E-state index in [1.807, 2.05) is 56.9 Å². The highest BCUT2D eigenvalue weighted by atomic mass is 35.5. The third-order valence-corrected chi connectivity index (χ3v) is 5.48. The summed E-state index contributed by atoms with van der Waals surface area (Å²) in [5, 5.41) is 21.0. The molecular weight excluding hydrogens is 427 g/mol. The number of nitrogens with two attached hydrogens (primary N) is 1. The zero-order valence-electron chi connectivity index (χ0n) is 17.3. The Morgan fingerprint density at radius 2 is 1.62 bits per heavy atom. The molecule has 29 heavy (non-hydrogen) atoms. The van der Waals surface area contributed by atoms with Gasteiger partial charge in [-0.1, -0.05) is 74.8 Å². The molecule has 0 aliphatic carbocycles. The van der Waals surface area contributed by atoms with E-state index in [9.17, 15) is 10.2 Å². The SMILES string of the molecule is CC.CC(C)/C(N)=C(\Sc1cc(Cl)cc(Cl)c1)N(CCO)Cc1ccc(O)cc1. The molecule has 7 heteroatoms. The minimum absolute atomic E-state index is 0.0101. The standard InChI is InChI=1S/C20H24Cl2N2O2S.C2H6/c1-13(2)19(23)20(27-18-10-15(21)9-16(22)11-18)24(7-8-25)12-14-3-5-17(26)6-4-14;1-2/h3-6,9-11,13,25-26H,7-8,12,23H2,1-2H3;1-2H3/b20-19+;. The number of aromatic hydroxyl groups is 1. The fourth-order valence-corrected chi connectivity index (χ4v) is 4.34. The Hall–Kier alpha value is -1.53. The number of phenols is 1. The average molecular weight is 457 g/mol. The fourth-order valence-electron chi connectivity index (χ4n) is 2.45. The quantitative estimate of drug-likeness (QED) is 0.418. The van der Waals surface area contributed by atoms with Crippen molar-refractivity contribution in [3.05, 3.63) is 68.8 Å². The lowest BCUT2D eigenvalue weighted by Crippen LogP contribution is -2.28. The summed E-state index contributed by atoms with van der Waals surface area (Å²) in [5.74, 6) is 0.344. The molecule has 0 fully saturated rings. The van der Waals surface area contributed by atoms with Gasteiger partial charge in [0, 0.05) is 33.7 Å². The third-order valence-electron chi connectivity index (χ3n) is 3.89. The summed E-state index contributed by atoms with van der Waals surface area (Å²) < 4.78 is 0. The van der Waals surface area contributed by atoms with E-state index in [1.54, 1.807) is 18.2 Å². The van der Waals surface area contributed by atoms with E-state index < -0.39 is 0 Å². The van der Waals surface area contributed by atoms with E-state index in [-0.39, 0.29) is 18.3 Å². The minimum Gasteiger partial charge on any atom is -0.508 e. The molecule has 0 aliphatic heterocycles. The molecule has 2 aromatic carbocycles. The lowest BCUT2D eigenvalue weighted by Gasteiger charge is -2.29. The Morgan fingerprint density at radius 3 is 2.10 bits per heavy atom. The van der Waals surface area contributed by atoms with Crippen LogP contribution in [0.25, 0.3) is 0 Å². The predicted octanol–water partition coefficient (Wildman–Crippen LogP) is 6.10. The molecule has 0 spiro atoms. The monoisotopic (exact) mass is 456 g/mol. The molecule has 0 atom stereocenters. The number of allylic oxidation sites excluding steroid dienone is 1. The summed E-state index contributed by atoms with van der Waals surface area (Å²) in [7, 11) is 0. The van der Waals surface area contributed by atoms with Crippen molar-refractivity contribution in [1.82, 2.24) is 4.90 Å². The molecule has 0 aromatic heterocycles. The number of halogens is 2. The van der Waals surface area contributed by atoms with Crippen LogP contribution in [0.3, 0.4) is 0 Å². The molecule has 4 N–H and O–H groups in total. The zero-order valence-corrected chi connectivity index (χ0v) is 19.7. The molecule has 0 radical (unpaired) electrons. The first-order valence-electron chi connectivity index (χ1n) is 9.57. The molecule has 4 nitrogen and oxygen atoms in total. The third kappa shape index (κ3) is 8.39. The van der Waals surface area contributed by atoms with Crippen molar-refractivity contribution < 1.29 is 10.2 Å². The number of phenolic OH excluding ortho intramolecular Hbond substituents is 1. The van der Waals surface area contributed by atoms with E-state index >= 15 is 0 Å². The minimum atomic E-state index is -0.0101. The highest BCUT2D eigenvalue weighted by Crippen LogP contribution is 2.36. The molecular formula is C22H30Cl2N2O2S. The second kappa shape index (κ2) is 12.9. The van der Waals surface area contributed by atoms with Gasteiger partial charge in [0.25, 0.3) is 0 Å². The topological polar surface area (TPSA) is 69.7 Å². The maximum absolute atomic E-state index is 9.59. The number of rotatable bonds is 8. The summed E-state index contributed by atoms with van der Waals surface area (Å²) in [6.45, 7) is 9.01. The number of thioether (sulfide) groups is 1. The molecule has 0 heterocycles. The van der Waals surface area contributed by atoms with E-state index in [0.29, 0.717) is 23.1 Å². The van der Waals surface area contributed by atoms with E-state index in [1.165, 1.54) is 11.8 Å². The second-order valence-corrected chi connectivity index (χ2v) is 8.37. The maximum atomic E-state index is 9.59. The number of nitrogens with zero attached hydrogens (tertiary/aromatic N) is 1. The number of benzene rings is 2. The van der Waals surface area contributed by atoms with Crippen LogP contribution in [0.15, 0.2) is 58.1 Å². The smallest absolute Gasteiger partial charge is 0.115 e. The van der Waals surface area contributed by atoms with Gasteiger partial charge in [0.05, 0.1) is 11.6 Å². The molecule has 0 unspecified atom stereocenters. The number of hydrogen-bond donors (Lipinski definition) is 3. The van der Waals surface area contributed by atoms with Crippen molar-refractivity contribution in [2.45, 2.75) is 39.1 Å². The normalized spacial score (nSPS) is 11.6. The van der Waals surface area contributed by atoms with Crippen LogP contribution >= 0.6 is 35.0 Å². The van der Waals surface area contributed by atoms with Crippen LogP contribution in [-0.2, 0) is 6.54 Å². The van der Waals surface area contributed by atoms with Crippen LogP contribution in [0.1, 0.15) is 33.3 Å². The van der Waals surface area contributed by atoms with Crippen molar-refractivity contribution >= 4 is 35.0 Å². The van der Waals surface area contributed by atoms with Gasteiger partial charge in [-0.3, -0.25) is 0 Å². The first-order valence-corrected chi connectivity index (χ1v) is 11.1. The summed E-state index contributed by atoms with van der Waals surface area (Å²) in [6, 6.07) is 12.3. The van der Waals surface area contributed by atoms with Crippen LogP contribution in [-0.4, -0.2) is 28.3 Å². The Balaban J connectivity index is 0.00000204. The van der Waals surface area contributed by atoms with Crippen molar-refractivity contribution in [2.24, 2.45) is 11.7 Å². The van der Waals surface area contributed by atoms with E-state index in [4.69, 9.17) is 28.9 Å². The van der Waals surface area contributed by atoms with Crippen LogP contribution in [0.4, 0.5) is 0 Å². The van der Waals surface area contributed by atoms with Crippen molar-refractivity contribution in [2.75, 3.05) is 13.2 Å². The summed E-state index contributed by atoms with van der Waals surface area (Å²) in [5.41, 5.74) is 8.15. The molecule has 0 saturated carbocycles. The molecule has 2 aromatic rings. The van der Waals surface area contributed by atoms with Crippen LogP contribution in [0, 0.1) is 5.92 Å². The van der Waals surface area contributed by atoms with Crippen LogP contribution < -0.4 is 5.73 Å². The van der Waals surface area contributed by atoms with Gasteiger partial charge in [-0.25, -0.2) is 0 Å². The van der Waals surface area contributed by atoms with Gasteiger partial charge in [0.2, 0.25) is 0 Å². The summed E-state index contributed by atoms with van der Waals surface area (Å²) >= 11 is 13.8. The van der Waals surface area contributed by atoms with E-state index in [2.05, 4.69) is 0 Å². The molecule has 160 valence electrons. The van der Waals surface area contributed by atoms with Gasteiger partial charge in [-0.05, 0) is 41.8 Å². The zero-order chi connectivity index (χ0) is 22.0. The number of aliphatic hydroxyl groups is 1. The summed E-state index contributed by atoms with van der Waals surface area (Å²) in [6.07, 6.45) is 0. The molecule has 0 saturated heterocycles. The maximum Gasteiger partial charge on any atom is 0.115 e. The Morgan fingerprint density at radius 1 is 1.07 bits per heavy atom. The Bertz CT molecular complexity index is 776. The van der Waals surface area contributed by atoms with Crippen LogP contribution in [0.2, 0.25) is 10.0 Å². The van der Waals surface area contributed by atoms with Gasteiger partial charge >= 0.3 is 0 Å². The lowest BCUT2D eigenvalue weighted by molar-refractivity contribution is 0.228. The Labute approximate surface area is 188 Å². The van der Waals surface area contributed by atoms with Crippen LogP contribution in [0.5, 0.6) is 5.75 Å². The van der Waals surface area contributed by atoms with E-state index in [0.717, 1.165) is 21.2 Å². The van der Waals surface area contributed by atoms with Gasteiger partial charge in [0.15, 0.2) is 0 Å². The first kappa shape index (κ1) is 25.5. The fraction of sp³-hybridized carbons (Fsp3) is 0.364. The van der Waals surface area contributed by atoms with Crippen molar-refractivity contribution in [1.29, 1.82) is 0 Å². The van der Waals surface area contributed by atoms with Gasteiger partial charge in [0.1, 0.15) is 5.75 Å². The predicted molar refractivity (Wildman–Crippen MR) is 125 cm³/mol. The first-order chi connectivity index (χ1) is 13.8. The van der Waals surface area contributed by atoms with Crippen molar-refractivity contribution in [3.8, 4) is 5.75 Å². The molecule has 0 amide bonds. The average Bonchev–Trinajstić information content (AvgIpc) is 2.68. The molecule has 2 rings (SSSR count). The number of hydrogen-bond acceptors (Lipinski definition) is 5. The summed E-state index contributed by atoms with van der Waals surface area (Å²) in [4.78, 5) is 2.90. The van der Waals surface area contributed by atoms with Gasteiger partial charge in [-0.2, -0.15) is 0 Å². The van der Waals surface area contributed by atoms with Gasteiger partial charge < -0.3 is 20.8 Å². The molecule has 0 bridgehead atoms. The Kier molecular flexibility index (Phi) is 11.4. The van der Waals surface area contributed by atoms with Crippen molar-refractivity contribution in [3.63, 3.8) is 0 Å². The van der Waals surface area contributed by atoms with Gasteiger partial charge in [-0.15, -0.1) is 0 Å². The largest absolute Gasteiger partial charge is 0.508 e. The molecule has 0 aliphatic rings. The lowest BCUT2D eigenvalue weighted by atomic mass is 10.1. The second-order valence-electron chi connectivity index (χ2n) is 6.43. The highest BCUT2D eigenvalue weighted by molar-refractivity contribution is 8.03. The number of aliphatic hydroxyl groups excluding tert-OH is 1. The highest BCUT2D eigenvalue weighted by Gasteiger charge is 2.18.